The molecule has 0 atom stereocenters. The molecular formula is H3CaFeNNa. The van der Waals surface area contributed by atoms with Crippen molar-refractivity contribution < 1.29 is 17.1 Å². The van der Waals surface area contributed by atoms with Crippen molar-refractivity contribution >= 4 is 67.3 Å². The van der Waals surface area contributed by atoms with E-state index in [9.17, 15) is 0 Å². The van der Waals surface area contributed by atoms with E-state index in [1.165, 1.54) is 0 Å². The second kappa shape index (κ2) is 17.2. The Balaban J connectivity index is 0. The molecule has 4 heavy (non-hydrogen) atoms. The van der Waals surface area contributed by atoms with Crippen LogP contribution in [0, 0.1) is 0 Å². The van der Waals surface area contributed by atoms with Gasteiger partial charge in [0.15, 0.2) is 0 Å². The van der Waals surface area contributed by atoms with Crippen molar-refractivity contribution in [2.24, 2.45) is 0 Å². The van der Waals surface area contributed by atoms with Crippen LogP contribution in [-0.4, -0.2) is 67.3 Å². The van der Waals surface area contributed by atoms with Gasteiger partial charge in [-0.1, -0.05) is 0 Å². The first-order valence-electron chi connectivity index (χ1n) is 0. The van der Waals surface area contributed by atoms with Crippen LogP contribution >= 0.6 is 0 Å². The van der Waals surface area contributed by atoms with Crippen LogP contribution in [-0.2, 0) is 17.1 Å². The van der Waals surface area contributed by atoms with E-state index in [1.807, 2.05) is 0 Å². The van der Waals surface area contributed by atoms with Crippen LogP contribution in [0.15, 0.2) is 0 Å². The molecule has 1 nitrogen and oxygen atoms in total. The Labute approximate surface area is 88.6 Å². The van der Waals surface area contributed by atoms with E-state index in [0.29, 0.717) is 0 Å². The van der Waals surface area contributed by atoms with Crippen molar-refractivity contribution in [1.29, 1.82) is 0 Å². The number of rotatable bonds is 0. The first kappa shape index (κ1) is 29.6. The van der Waals surface area contributed by atoms with Gasteiger partial charge < -0.3 is 6.15 Å². The summed E-state index contributed by atoms with van der Waals surface area (Å²) in [6.07, 6.45) is 0. The maximum absolute atomic E-state index is 0. The third kappa shape index (κ3) is 8.83. The zero-order chi connectivity index (χ0) is 0. The van der Waals surface area contributed by atoms with Gasteiger partial charge in [0.25, 0.3) is 0 Å². The minimum Gasteiger partial charge on any atom is -0.344 e. The normalized spacial score (nSPS) is 0. The zero-order valence-corrected chi connectivity index (χ0v) is 8.08. The first-order valence-corrected chi connectivity index (χ1v) is 0. The first-order chi connectivity index (χ1) is 0. The van der Waals surface area contributed by atoms with Crippen LogP contribution in [0.3, 0.4) is 0 Å². The molecule has 0 unspecified atom stereocenters. The smallest absolute Gasteiger partial charge is 0 e. The molecule has 0 aliphatic heterocycles. The Morgan fingerprint density at radius 2 is 1.00 bits per heavy atom. The van der Waals surface area contributed by atoms with Crippen LogP contribution in [0.2, 0.25) is 0 Å². The van der Waals surface area contributed by atoms with Crippen molar-refractivity contribution in [3.63, 3.8) is 0 Å². The Morgan fingerprint density at radius 3 is 1.00 bits per heavy atom. The Morgan fingerprint density at radius 1 is 1.00 bits per heavy atom. The van der Waals surface area contributed by atoms with Gasteiger partial charge in [0.2, 0.25) is 0 Å². The largest absolute Gasteiger partial charge is 0.344 e. The fourth-order valence-electron chi connectivity index (χ4n) is 0. The molecule has 3 N–H and O–H groups in total. The summed E-state index contributed by atoms with van der Waals surface area (Å²) in [4.78, 5) is 0. The van der Waals surface area contributed by atoms with Gasteiger partial charge in [-0.25, -0.2) is 0 Å². The molecule has 0 amide bonds. The molecule has 0 aromatic carbocycles. The van der Waals surface area contributed by atoms with Crippen molar-refractivity contribution in [3.8, 4) is 0 Å². The van der Waals surface area contributed by atoms with Gasteiger partial charge >= 0.3 is 0 Å². The fraction of sp³-hybridized carbons (Fsp3) is 0. The summed E-state index contributed by atoms with van der Waals surface area (Å²) < 4.78 is 0. The molecule has 0 rings (SSSR count). The topological polar surface area (TPSA) is 35.0 Å². The maximum Gasteiger partial charge on any atom is 0 e. The molecule has 0 fully saturated rings. The van der Waals surface area contributed by atoms with E-state index >= 15 is 0 Å². The molecule has 0 aliphatic rings. The van der Waals surface area contributed by atoms with E-state index in [1.54, 1.807) is 0 Å². The Hall–Kier alpha value is 2.74. The monoisotopic (exact) mass is 136 g/mol. The summed E-state index contributed by atoms with van der Waals surface area (Å²) in [6, 6.07) is 0. The molecular weight excluding hydrogens is 133 g/mol. The van der Waals surface area contributed by atoms with Gasteiger partial charge in [0.05, 0.1) is 0 Å². The van der Waals surface area contributed by atoms with E-state index in [2.05, 4.69) is 0 Å². The van der Waals surface area contributed by atoms with E-state index in [-0.39, 0.29) is 90.5 Å². The van der Waals surface area contributed by atoms with Crippen LogP contribution in [0.25, 0.3) is 0 Å². The molecule has 0 aromatic rings. The van der Waals surface area contributed by atoms with Gasteiger partial charge in [-0.3, -0.25) is 0 Å². The Kier molecular flexibility index (Phi) is 127. The molecule has 3 radical (unpaired) electrons. The molecule has 19 valence electrons. The quantitative estimate of drug-likeness (QED) is 0.443. The van der Waals surface area contributed by atoms with Crippen LogP contribution < -0.4 is 6.15 Å². The second-order valence-corrected chi connectivity index (χ2v) is 0. The van der Waals surface area contributed by atoms with Crippen molar-refractivity contribution in [2.75, 3.05) is 0 Å². The minimum absolute atomic E-state index is 0. The molecule has 0 aliphatic carbocycles. The minimum atomic E-state index is 0. The summed E-state index contributed by atoms with van der Waals surface area (Å²) in [5, 5.41) is 0. The van der Waals surface area contributed by atoms with Gasteiger partial charge in [-0.2, -0.15) is 0 Å². The Bertz CT molecular complexity index is 8.00. The van der Waals surface area contributed by atoms with Crippen LogP contribution in [0.1, 0.15) is 0 Å². The number of hydrogen-bond acceptors (Lipinski definition) is 1. The summed E-state index contributed by atoms with van der Waals surface area (Å²) in [5.74, 6) is 0. The second-order valence-electron chi connectivity index (χ2n) is 0. The summed E-state index contributed by atoms with van der Waals surface area (Å²) in [6.45, 7) is 0. The third-order valence-corrected chi connectivity index (χ3v) is 0. The average Bonchev–Trinajstić information content (AvgIpc) is 0. The number of hydrogen-bond donors (Lipinski definition) is 1. The van der Waals surface area contributed by atoms with Crippen molar-refractivity contribution in [3.05, 3.63) is 0 Å². The fourth-order valence-corrected chi connectivity index (χ4v) is 0. The maximum atomic E-state index is 0. The molecule has 0 saturated heterocycles. The van der Waals surface area contributed by atoms with E-state index in [4.69, 9.17) is 0 Å². The van der Waals surface area contributed by atoms with Gasteiger partial charge in [0, 0.05) is 84.4 Å². The van der Waals surface area contributed by atoms with Crippen molar-refractivity contribution in [2.45, 2.75) is 0 Å². The summed E-state index contributed by atoms with van der Waals surface area (Å²) >= 11 is 0. The van der Waals surface area contributed by atoms with Gasteiger partial charge in [-0.15, -0.1) is 0 Å². The predicted octanol–water partition coefficient (Wildman–Crippen LogP) is -0.602. The SMILES string of the molecule is N.[Ca].[Fe].[Na]. The van der Waals surface area contributed by atoms with E-state index < -0.39 is 0 Å². The van der Waals surface area contributed by atoms with E-state index in [0.717, 1.165) is 0 Å². The summed E-state index contributed by atoms with van der Waals surface area (Å²) in [7, 11) is 0. The molecule has 4 heteroatoms. The van der Waals surface area contributed by atoms with Crippen LogP contribution in [0.4, 0.5) is 0 Å². The molecule has 0 heterocycles. The molecule has 0 spiro atoms. The van der Waals surface area contributed by atoms with Crippen LogP contribution in [0.5, 0.6) is 0 Å². The predicted molar refractivity (Wildman–Crippen MR) is 16.5 cm³/mol. The zero-order valence-electron chi connectivity index (χ0n) is 2.77. The average molecular weight is 136 g/mol. The standard InChI is InChI=1S/Ca.Fe.H3N.Na/h;;1H3;. The van der Waals surface area contributed by atoms with Crippen molar-refractivity contribution in [1.82, 2.24) is 6.15 Å². The summed E-state index contributed by atoms with van der Waals surface area (Å²) in [5.41, 5.74) is 0. The molecule has 0 saturated carbocycles. The molecule has 0 aromatic heterocycles. The van der Waals surface area contributed by atoms with Gasteiger partial charge in [-0.05, 0) is 0 Å². The molecule has 0 bridgehead atoms. The van der Waals surface area contributed by atoms with Gasteiger partial charge in [0.1, 0.15) is 0 Å². The third-order valence-electron chi connectivity index (χ3n) is 0.